The second-order valence-electron chi connectivity index (χ2n) is 3.03. The SMILES string of the molecule is NNc1nc(Sc2nccs2)c2cn[nH]c2n1. The van der Waals surface area contributed by atoms with Crippen molar-refractivity contribution in [3.8, 4) is 0 Å². The van der Waals surface area contributed by atoms with Crippen LogP contribution in [0.2, 0.25) is 0 Å². The zero-order valence-electron chi connectivity index (χ0n) is 8.41. The van der Waals surface area contributed by atoms with Gasteiger partial charge in [0.05, 0.1) is 11.6 Å². The number of fused-ring (bicyclic) bond motifs is 1. The molecule has 3 rings (SSSR count). The number of hydrazine groups is 1. The van der Waals surface area contributed by atoms with Crippen molar-refractivity contribution in [3.63, 3.8) is 0 Å². The molecule has 0 saturated heterocycles. The molecule has 86 valence electrons. The maximum Gasteiger partial charge on any atom is 0.240 e. The van der Waals surface area contributed by atoms with E-state index < -0.39 is 0 Å². The zero-order chi connectivity index (χ0) is 11.7. The summed E-state index contributed by atoms with van der Waals surface area (Å²) >= 11 is 3.01. The molecule has 0 atom stereocenters. The largest absolute Gasteiger partial charge is 0.292 e. The molecule has 0 bridgehead atoms. The van der Waals surface area contributed by atoms with Gasteiger partial charge in [-0.2, -0.15) is 10.1 Å². The van der Waals surface area contributed by atoms with E-state index in [9.17, 15) is 0 Å². The Kier molecular flexibility index (Phi) is 2.63. The quantitative estimate of drug-likeness (QED) is 0.372. The minimum absolute atomic E-state index is 0.348. The predicted molar refractivity (Wildman–Crippen MR) is 65.7 cm³/mol. The second kappa shape index (κ2) is 4.28. The third-order valence-electron chi connectivity index (χ3n) is 2.00. The highest BCUT2D eigenvalue weighted by Gasteiger charge is 2.11. The van der Waals surface area contributed by atoms with E-state index in [4.69, 9.17) is 5.84 Å². The topological polar surface area (TPSA) is 105 Å². The van der Waals surface area contributed by atoms with E-state index in [1.165, 1.54) is 11.8 Å². The lowest BCUT2D eigenvalue weighted by Crippen LogP contribution is -2.10. The van der Waals surface area contributed by atoms with Gasteiger partial charge in [-0.25, -0.2) is 15.8 Å². The Bertz CT molecular complexity index is 632. The van der Waals surface area contributed by atoms with Gasteiger partial charge in [0.1, 0.15) is 5.03 Å². The highest BCUT2D eigenvalue weighted by Crippen LogP contribution is 2.32. The predicted octanol–water partition coefficient (Wildman–Crippen LogP) is 1.25. The van der Waals surface area contributed by atoms with Crippen molar-refractivity contribution in [2.24, 2.45) is 5.84 Å². The Morgan fingerprint density at radius 3 is 3.12 bits per heavy atom. The molecule has 3 aromatic heterocycles. The molecule has 0 radical (unpaired) electrons. The summed E-state index contributed by atoms with van der Waals surface area (Å²) in [6, 6.07) is 0. The number of anilines is 1. The van der Waals surface area contributed by atoms with E-state index in [2.05, 4.69) is 30.6 Å². The van der Waals surface area contributed by atoms with Crippen LogP contribution in [0.5, 0.6) is 0 Å². The van der Waals surface area contributed by atoms with Gasteiger partial charge in [-0.05, 0) is 11.8 Å². The van der Waals surface area contributed by atoms with E-state index in [-0.39, 0.29) is 0 Å². The van der Waals surface area contributed by atoms with E-state index >= 15 is 0 Å². The van der Waals surface area contributed by atoms with Crippen molar-refractivity contribution in [2.45, 2.75) is 9.37 Å². The van der Waals surface area contributed by atoms with Crippen molar-refractivity contribution in [1.29, 1.82) is 0 Å². The highest BCUT2D eigenvalue weighted by molar-refractivity contribution is 8.01. The first-order valence-electron chi connectivity index (χ1n) is 4.62. The average molecular weight is 265 g/mol. The maximum atomic E-state index is 5.32. The lowest BCUT2D eigenvalue weighted by Gasteiger charge is -2.02. The molecule has 7 nitrogen and oxygen atoms in total. The van der Waals surface area contributed by atoms with Gasteiger partial charge < -0.3 is 0 Å². The smallest absolute Gasteiger partial charge is 0.240 e. The van der Waals surface area contributed by atoms with Gasteiger partial charge in [0.25, 0.3) is 0 Å². The molecule has 0 aliphatic rings. The lowest BCUT2D eigenvalue weighted by molar-refractivity contribution is 1.05. The van der Waals surface area contributed by atoms with Crippen molar-refractivity contribution in [2.75, 3.05) is 5.43 Å². The molecule has 3 aromatic rings. The number of aromatic nitrogens is 5. The van der Waals surface area contributed by atoms with Gasteiger partial charge in [-0.3, -0.25) is 10.5 Å². The van der Waals surface area contributed by atoms with Crippen LogP contribution in [-0.4, -0.2) is 25.1 Å². The van der Waals surface area contributed by atoms with Crippen LogP contribution in [-0.2, 0) is 0 Å². The summed E-state index contributed by atoms with van der Waals surface area (Å²) < 4.78 is 0.911. The summed E-state index contributed by atoms with van der Waals surface area (Å²) in [6.45, 7) is 0. The fourth-order valence-electron chi connectivity index (χ4n) is 1.29. The van der Waals surface area contributed by atoms with Crippen molar-refractivity contribution < 1.29 is 0 Å². The monoisotopic (exact) mass is 265 g/mol. The fraction of sp³-hybridized carbons (Fsp3) is 0. The number of rotatable bonds is 3. The molecular formula is C8H7N7S2. The minimum Gasteiger partial charge on any atom is -0.292 e. The van der Waals surface area contributed by atoms with E-state index in [1.54, 1.807) is 23.7 Å². The summed E-state index contributed by atoms with van der Waals surface area (Å²) in [5.41, 5.74) is 3.07. The summed E-state index contributed by atoms with van der Waals surface area (Å²) in [6.07, 6.45) is 3.44. The van der Waals surface area contributed by atoms with Crippen LogP contribution in [0.1, 0.15) is 0 Å². The normalized spacial score (nSPS) is 10.9. The number of thiazole rings is 1. The number of nitrogen functional groups attached to an aromatic ring is 1. The first-order valence-corrected chi connectivity index (χ1v) is 6.31. The molecule has 0 aliphatic carbocycles. The lowest BCUT2D eigenvalue weighted by atomic mass is 10.4. The highest BCUT2D eigenvalue weighted by atomic mass is 32.2. The second-order valence-corrected chi connectivity index (χ2v) is 5.16. The number of nitrogens with two attached hydrogens (primary N) is 1. The number of hydrogen-bond donors (Lipinski definition) is 3. The standard InChI is InChI=1S/C8H7N7S2/c9-14-7-12-5-4(3-11-15-5)6(13-7)17-8-10-1-2-16-8/h1-3H,9H2,(H2,11,12,13,14,15). The minimum atomic E-state index is 0.348. The molecule has 0 saturated carbocycles. The van der Waals surface area contributed by atoms with Gasteiger partial charge in [0, 0.05) is 11.6 Å². The molecule has 0 fully saturated rings. The molecule has 0 unspecified atom stereocenters. The van der Waals surface area contributed by atoms with Gasteiger partial charge >= 0.3 is 0 Å². The van der Waals surface area contributed by atoms with Crippen LogP contribution >= 0.6 is 23.1 Å². The van der Waals surface area contributed by atoms with Gasteiger partial charge in [0.2, 0.25) is 5.95 Å². The van der Waals surface area contributed by atoms with Crippen LogP contribution in [0.25, 0.3) is 11.0 Å². The van der Waals surface area contributed by atoms with Crippen molar-refractivity contribution in [1.82, 2.24) is 25.1 Å². The first-order chi connectivity index (χ1) is 8.36. The summed E-state index contributed by atoms with van der Waals surface area (Å²) in [5.74, 6) is 5.67. The van der Waals surface area contributed by atoms with E-state index in [0.29, 0.717) is 11.6 Å². The first kappa shape index (κ1) is 10.4. The molecule has 0 spiro atoms. The molecule has 9 heteroatoms. The van der Waals surface area contributed by atoms with E-state index in [0.717, 1.165) is 14.8 Å². The van der Waals surface area contributed by atoms with Crippen LogP contribution in [0.3, 0.4) is 0 Å². The number of aromatic amines is 1. The van der Waals surface area contributed by atoms with Crippen LogP contribution < -0.4 is 11.3 Å². The Morgan fingerprint density at radius 2 is 2.35 bits per heavy atom. The van der Waals surface area contributed by atoms with Crippen LogP contribution in [0, 0.1) is 0 Å². The zero-order valence-corrected chi connectivity index (χ0v) is 10.0. The number of nitrogens with zero attached hydrogens (tertiary/aromatic N) is 4. The van der Waals surface area contributed by atoms with E-state index in [1.807, 2.05) is 5.38 Å². The summed E-state index contributed by atoms with van der Waals surface area (Å²) in [5, 5.41) is 10.3. The molecule has 17 heavy (non-hydrogen) atoms. The molecule has 0 amide bonds. The van der Waals surface area contributed by atoms with Gasteiger partial charge in [-0.15, -0.1) is 11.3 Å². The molecular weight excluding hydrogens is 258 g/mol. The number of H-pyrrole nitrogens is 1. The maximum absolute atomic E-state index is 5.32. The Labute approximate surface area is 104 Å². The average Bonchev–Trinajstić information content (AvgIpc) is 2.98. The Hall–Kier alpha value is -1.71. The van der Waals surface area contributed by atoms with Crippen LogP contribution in [0.15, 0.2) is 27.1 Å². The Morgan fingerprint density at radius 1 is 1.41 bits per heavy atom. The van der Waals surface area contributed by atoms with Gasteiger partial charge in [0.15, 0.2) is 9.99 Å². The van der Waals surface area contributed by atoms with Gasteiger partial charge in [-0.1, -0.05) is 0 Å². The number of nitrogens with one attached hydrogen (secondary N) is 2. The molecule has 3 heterocycles. The molecule has 0 aliphatic heterocycles. The fourth-order valence-corrected chi connectivity index (χ4v) is 2.92. The molecule has 0 aromatic carbocycles. The summed E-state index contributed by atoms with van der Waals surface area (Å²) in [4.78, 5) is 12.6. The summed E-state index contributed by atoms with van der Waals surface area (Å²) in [7, 11) is 0. The third kappa shape index (κ3) is 1.95. The Balaban J connectivity index is 2.10. The van der Waals surface area contributed by atoms with Crippen LogP contribution in [0.4, 0.5) is 5.95 Å². The van der Waals surface area contributed by atoms with Crippen molar-refractivity contribution in [3.05, 3.63) is 17.8 Å². The molecule has 4 N–H and O–H groups in total. The van der Waals surface area contributed by atoms with Crippen molar-refractivity contribution >= 4 is 40.1 Å². The number of hydrogen-bond acceptors (Lipinski definition) is 8. The third-order valence-corrected chi connectivity index (χ3v) is 3.89.